The van der Waals surface area contributed by atoms with Crippen molar-refractivity contribution in [2.75, 3.05) is 20.8 Å². The summed E-state index contributed by atoms with van der Waals surface area (Å²) in [4.78, 5) is 23.6. The summed E-state index contributed by atoms with van der Waals surface area (Å²) in [6.07, 6.45) is 3.06. The molecule has 0 saturated heterocycles. The van der Waals surface area contributed by atoms with E-state index in [0.29, 0.717) is 38.5 Å². The third-order valence-electron chi connectivity index (χ3n) is 4.88. The van der Waals surface area contributed by atoms with Gasteiger partial charge < -0.3 is 19.9 Å². The van der Waals surface area contributed by atoms with Crippen molar-refractivity contribution in [1.82, 2.24) is 5.32 Å². The summed E-state index contributed by atoms with van der Waals surface area (Å²) in [5.41, 5.74) is 0.0439. The van der Waals surface area contributed by atoms with Crippen molar-refractivity contribution in [1.29, 1.82) is 0 Å². The fraction of sp³-hybridized carbons (Fsp3) is 0.579. The third kappa shape index (κ3) is 5.46. The number of carbonyl (C=O) groups is 2. The summed E-state index contributed by atoms with van der Waals surface area (Å²) in [7, 11) is 2.99. The predicted molar refractivity (Wildman–Crippen MR) is 93.2 cm³/mol. The number of esters is 1. The van der Waals surface area contributed by atoms with Gasteiger partial charge in [0.05, 0.1) is 25.7 Å². The third-order valence-corrected chi connectivity index (χ3v) is 4.88. The van der Waals surface area contributed by atoms with Gasteiger partial charge in [-0.1, -0.05) is 18.2 Å². The van der Waals surface area contributed by atoms with Crippen LogP contribution in [0.1, 0.15) is 37.7 Å². The fourth-order valence-electron chi connectivity index (χ4n) is 3.24. The summed E-state index contributed by atoms with van der Waals surface area (Å²) in [6.45, 7) is 0.214. The van der Waals surface area contributed by atoms with E-state index in [1.807, 2.05) is 24.3 Å². The monoisotopic (exact) mass is 349 g/mol. The maximum atomic E-state index is 12.1. The van der Waals surface area contributed by atoms with Crippen LogP contribution in [0.2, 0.25) is 0 Å². The Balaban J connectivity index is 1.75. The molecule has 1 aromatic rings. The maximum Gasteiger partial charge on any atom is 0.308 e. The van der Waals surface area contributed by atoms with Crippen LogP contribution in [0.15, 0.2) is 24.3 Å². The Morgan fingerprint density at radius 1 is 1.24 bits per heavy atom. The number of hydrogen-bond donors (Lipinski definition) is 2. The van der Waals surface area contributed by atoms with E-state index in [0.717, 1.165) is 11.3 Å². The number of nitrogens with one attached hydrogen (secondary N) is 1. The lowest BCUT2D eigenvalue weighted by Gasteiger charge is -2.35. The standard InChI is InChI=1S/C19H27NO5/c1-24-16-6-4-3-5-14(16)7-8-17(21)20-13-19(23)11-9-15(10-12-19)18(22)25-2/h3-6,15,23H,7-13H2,1-2H3,(H,20,21). The van der Waals surface area contributed by atoms with Crippen LogP contribution in [0.4, 0.5) is 0 Å². The number of amides is 1. The minimum absolute atomic E-state index is 0.102. The second kappa shape index (κ2) is 8.85. The minimum Gasteiger partial charge on any atom is -0.496 e. The maximum absolute atomic E-state index is 12.1. The van der Waals surface area contributed by atoms with Gasteiger partial charge in [-0.25, -0.2) is 0 Å². The van der Waals surface area contributed by atoms with Crippen LogP contribution in [0.5, 0.6) is 5.75 Å². The molecule has 1 aliphatic rings. The Labute approximate surface area is 148 Å². The fourth-order valence-corrected chi connectivity index (χ4v) is 3.24. The Morgan fingerprint density at radius 3 is 2.56 bits per heavy atom. The van der Waals surface area contributed by atoms with E-state index in [2.05, 4.69) is 5.32 Å². The van der Waals surface area contributed by atoms with Crippen molar-refractivity contribution >= 4 is 11.9 Å². The van der Waals surface area contributed by atoms with Crippen LogP contribution in [0, 0.1) is 5.92 Å². The molecule has 2 N–H and O–H groups in total. The Hall–Kier alpha value is -2.08. The average Bonchev–Trinajstić information content (AvgIpc) is 2.65. The van der Waals surface area contributed by atoms with Crippen LogP contribution in [-0.2, 0) is 20.7 Å². The second-order valence-electron chi connectivity index (χ2n) is 6.61. The molecular formula is C19H27NO5. The first-order valence-electron chi connectivity index (χ1n) is 8.66. The van der Waals surface area contributed by atoms with Gasteiger partial charge in [0, 0.05) is 13.0 Å². The Morgan fingerprint density at radius 2 is 1.92 bits per heavy atom. The molecule has 138 valence electrons. The van der Waals surface area contributed by atoms with Crippen LogP contribution in [-0.4, -0.2) is 43.3 Å². The molecule has 2 rings (SSSR count). The summed E-state index contributed by atoms with van der Waals surface area (Å²) >= 11 is 0. The molecule has 0 spiro atoms. The molecule has 1 aliphatic carbocycles. The number of methoxy groups -OCH3 is 2. The highest BCUT2D eigenvalue weighted by atomic mass is 16.5. The van der Waals surface area contributed by atoms with Crippen molar-refractivity contribution in [3.8, 4) is 5.75 Å². The Kier molecular flexibility index (Phi) is 6.82. The van der Waals surface area contributed by atoms with E-state index in [1.54, 1.807) is 7.11 Å². The van der Waals surface area contributed by atoms with E-state index >= 15 is 0 Å². The number of rotatable bonds is 7. The number of carbonyl (C=O) groups excluding carboxylic acids is 2. The number of hydrogen-bond acceptors (Lipinski definition) is 5. The van der Waals surface area contributed by atoms with Gasteiger partial charge in [-0.15, -0.1) is 0 Å². The topological polar surface area (TPSA) is 84.9 Å². The molecule has 0 heterocycles. The SMILES string of the molecule is COC(=O)C1CCC(O)(CNC(=O)CCc2ccccc2OC)CC1. The normalized spacial score (nSPS) is 22.9. The van der Waals surface area contributed by atoms with E-state index in [-0.39, 0.29) is 24.3 Å². The highest BCUT2D eigenvalue weighted by molar-refractivity contribution is 5.76. The highest BCUT2D eigenvalue weighted by Gasteiger charge is 2.36. The lowest BCUT2D eigenvalue weighted by molar-refractivity contribution is -0.148. The molecule has 1 fully saturated rings. The van der Waals surface area contributed by atoms with Crippen molar-refractivity contribution in [2.45, 2.75) is 44.1 Å². The summed E-state index contributed by atoms with van der Waals surface area (Å²) in [5.74, 6) is 0.305. The zero-order chi connectivity index (χ0) is 18.3. The summed E-state index contributed by atoms with van der Waals surface area (Å²) < 4.78 is 10.0. The number of aryl methyl sites for hydroxylation is 1. The van der Waals surface area contributed by atoms with Gasteiger partial charge in [0.1, 0.15) is 5.75 Å². The molecule has 0 unspecified atom stereocenters. The molecular weight excluding hydrogens is 322 g/mol. The molecule has 1 amide bonds. The molecule has 0 radical (unpaired) electrons. The molecule has 0 bridgehead atoms. The lowest BCUT2D eigenvalue weighted by atomic mass is 9.79. The zero-order valence-electron chi connectivity index (χ0n) is 14.9. The first-order chi connectivity index (χ1) is 12.0. The van der Waals surface area contributed by atoms with Gasteiger partial charge in [-0.2, -0.15) is 0 Å². The van der Waals surface area contributed by atoms with Crippen LogP contribution in [0.25, 0.3) is 0 Å². The van der Waals surface area contributed by atoms with E-state index in [1.165, 1.54) is 7.11 Å². The van der Waals surface area contributed by atoms with Crippen molar-refractivity contribution in [3.05, 3.63) is 29.8 Å². The summed E-state index contributed by atoms with van der Waals surface area (Å²) in [5, 5.41) is 13.4. The molecule has 0 aromatic heterocycles. The predicted octanol–water partition coefficient (Wildman–Crippen LogP) is 1.84. The molecule has 6 nitrogen and oxygen atoms in total. The van der Waals surface area contributed by atoms with Crippen LogP contribution >= 0.6 is 0 Å². The smallest absolute Gasteiger partial charge is 0.308 e. The quantitative estimate of drug-likeness (QED) is 0.734. The number of para-hydroxylation sites is 1. The van der Waals surface area contributed by atoms with Gasteiger partial charge in [-0.3, -0.25) is 9.59 Å². The van der Waals surface area contributed by atoms with Crippen LogP contribution < -0.4 is 10.1 Å². The van der Waals surface area contributed by atoms with E-state index < -0.39 is 5.60 Å². The molecule has 25 heavy (non-hydrogen) atoms. The van der Waals surface area contributed by atoms with Crippen LogP contribution in [0.3, 0.4) is 0 Å². The molecule has 0 atom stereocenters. The lowest BCUT2D eigenvalue weighted by Crippen LogP contribution is -2.46. The average molecular weight is 349 g/mol. The van der Waals surface area contributed by atoms with E-state index in [9.17, 15) is 14.7 Å². The van der Waals surface area contributed by atoms with Crippen molar-refractivity contribution in [3.63, 3.8) is 0 Å². The minimum atomic E-state index is -0.940. The van der Waals surface area contributed by atoms with Crippen molar-refractivity contribution < 1.29 is 24.2 Å². The van der Waals surface area contributed by atoms with Gasteiger partial charge in [0.2, 0.25) is 5.91 Å². The largest absolute Gasteiger partial charge is 0.496 e. The molecule has 6 heteroatoms. The van der Waals surface area contributed by atoms with Crippen molar-refractivity contribution in [2.24, 2.45) is 5.92 Å². The molecule has 0 aliphatic heterocycles. The second-order valence-corrected chi connectivity index (χ2v) is 6.61. The number of ether oxygens (including phenoxy) is 2. The Bertz CT molecular complexity index is 593. The number of benzene rings is 1. The van der Waals surface area contributed by atoms with Gasteiger partial charge >= 0.3 is 5.97 Å². The number of aliphatic hydroxyl groups is 1. The molecule has 1 saturated carbocycles. The first kappa shape index (κ1) is 19.2. The first-order valence-corrected chi connectivity index (χ1v) is 8.66. The summed E-state index contributed by atoms with van der Waals surface area (Å²) in [6, 6.07) is 7.62. The molecule has 1 aromatic carbocycles. The van der Waals surface area contributed by atoms with Gasteiger partial charge in [0.15, 0.2) is 0 Å². The zero-order valence-corrected chi connectivity index (χ0v) is 14.9. The highest BCUT2D eigenvalue weighted by Crippen LogP contribution is 2.32. The van der Waals surface area contributed by atoms with Gasteiger partial charge in [-0.05, 0) is 43.7 Å². The van der Waals surface area contributed by atoms with Gasteiger partial charge in [0.25, 0.3) is 0 Å². The van der Waals surface area contributed by atoms with E-state index in [4.69, 9.17) is 9.47 Å².